The Kier molecular flexibility index (Phi) is 6.66. The Morgan fingerprint density at radius 2 is 1.26 bits per heavy atom. The molecule has 2 saturated carbocycles. The zero-order chi connectivity index (χ0) is 18.3. The van der Waals surface area contributed by atoms with Gasteiger partial charge < -0.3 is 4.98 Å². The van der Waals surface area contributed by atoms with Crippen LogP contribution in [0.25, 0.3) is 11.3 Å². The molecule has 1 N–H and O–H groups in total. The van der Waals surface area contributed by atoms with Crippen LogP contribution in [0.3, 0.4) is 0 Å². The number of aromatic amines is 1. The first kappa shape index (κ1) is 18.8. The molecule has 1 aromatic heterocycles. The first-order valence-electron chi connectivity index (χ1n) is 11.5. The van der Waals surface area contributed by atoms with Crippen molar-refractivity contribution in [3.8, 4) is 11.3 Å². The largest absolute Gasteiger partial charge is 0.348 e. The fraction of sp³-hybridized carbons (Fsp3) is 0.640. The van der Waals surface area contributed by atoms with Gasteiger partial charge in [0, 0.05) is 17.7 Å². The van der Waals surface area contributed by atoms with Gasteiger partial charge in [0.15, 0.2) is 0 Å². The maximum atomic E-state index is 4.95. The quantitative estimate of drug-likeness (QED) is 0.600. The van der Waals surface area contributed by atoms with E-state index in [1.165, 1.54) is 94.9 Å². The van der Waals surface area contributed by atoms with Crippen molar-refractivity contribution >= 4 is 0 Å². The topological polar surface area (TPSA) is 28.7 Å². The molecular formula is C25H36N2. The first-order valence-corrected chi connectivity index (χ1v) is 11.5. The average Bonchev–Trinajstić information content (AvgIpc) is 3.13. The van der Waals surface area contributed by atoms with E-state index in [-0.39, 0.29) is 0 Å². The van der Waals surface area contributed by atoms with E-state index < -0.39 is 0 Å². The lowest BCUT2D eigenvalue weighted by Crippen LogP contribution is -2.19. The molecule has 0 atom stereocenters. The number of hydrogen-bond acceptors (Lipinski definition) is 1. The number of H-pyrrole nitrogens is 1. The summed E-state index contributed by atoms with van der Waals surface area (Å²) in [6, 6.07) is 10.6. The standard InChI is InChI=1S/C25H36N2/c1-2-5-11-20(12-6-3-1)21-15-9-17-23(18-10-16-21)25-26-19-24(27-25)22-13-7-4-8-14-22/h4,7-8,13-14,19-21,23H,1-3,5-6,9-12,15-18H2,(H,26,27). The highest BCUT2D eigenvalue weighted by Gasteiger charge is 2.25. The van der Waals surface area contributed by atoms with E-state index in [4.69, 9.17) is 4.98 Å². The molecule has 0 radical (unpaired) electrons. The van der Waals surface area contributed by atoms with Crippen LogP contribution < -0.4 is 0 Å². The van der Waals surface area contributed by atoms with Gasteiger partial charge in [-0.05, 0) is 24.7 Å². The fourth-order valence-electron chi connectivity index (χ4n) is 5.55. The van der Waals surface area contributed by atoms with Crippen LogP contribution in [0.15, 0.2) is 36.5 Å². The van der Waals surface area contributed by atoms with Gasteiger partial charge in [0.05, 0.1) is 5.69 Å². The molecule has 2 heteroatoms. The lowest BCUT2D eigenvalue weighted by atomic mass is 9.75. The van der Waals surface area contributed by atoms with Gasteiger partial charge in [-0.3, -0.25) is 0 Å². The Morgan fingerprint density at radius 3 is 1.93 bits per heavy atom. The predicted molar refractivity (Wildman–Crippen MR) is 114 cm³/mol. The maximum Gasteiger partial charge on any atom is 0.109 e. The molecular weight excluding hydrogens is 328 g/mol. The molecule has 27 heavy (non-hydrogen) atoms. The third-order valence-corrected chi connectivity index (χ3v) is 7.13. The number of rotatable bonds is 3. The Hall–Kier alpha value is -1.57. The maximum absolute atomic E-state index is 4.95. The number of aromatic nitrogens is 2. The van der Waals surface area contributed by atoms with Crippen molar-refractivity contribution in [2.75, 3.05) is 0 Å². The fourth-order valence-corrected chi connectivity index (χ4v) is 5.55. The van der Waals surface area contributed by atoms with Crippen LogP contribution >= 0.6 is 0 Å². The van der Waals surface area contributed by atoms with E-state index in [2.05, 4.69) is 41.5 Å². The summed E-state index contributed by atoms with van der Waals surface area (Å²) >= 11 is 0. The lowest BCUT2D eigenvalue weighted by molar-refractivity contribution is 0.215. The van der Waals surface area contributed by atoms with Crippen molar-refractivity contribution in [1.82, 2.24) is 9.97 Å². The highest BCUT2D eigenvalue weighted by molar-refractivity contribution is 5.58. The summed E-state index contributed by atoms with van der Waals surface area (Å²) in [7, 11) is 0. The summed E-state index contributed by atoms with van der Waals surface area (Å²) in [6.45, 7) is 0. The molecule has 0 spiro atoms. The van der Waals surface area contributed by atoms with Crippen molar-refractivity contribution in [3.05, 3.63) is 42.4 Å². The molecule has 2 fully saturated rings. The number of hydrogen-bond donors (Lipinski definition) is 1. The predicted octanol–water partition coefficient (Wildman–Crippen LogP) is 7.49. The normalized spacial score (nSPS) is 25.9. The van der Waals surface area contributed by atoms with Crippen molar-refractivity contribution in [2.45, 2.75) is 89.4 Å². The van der Waals surface area contributed by atoms with Gasteiger partial charge >= 0.3 is 0 Å². The second-order valence-corrected chi connectivity index (χ2v) is 8.96. The van der Waals surface area contributed by atoms with Gasteiger partial charge in [0.25, 0.3) is 0 Å². The summed E-state index contributed by atoms with van der Waals surface area (Å²) in [5.41, 5.74) is 2.32. The second kappa shape index (κ2) is 9.57. The van der Waals surface area contributed by atoms with E-state index in [1.807, 2.05) is 0 Å². The Morgan fingerprint density at radius 1 is 0.667 bits per heavy atom. The van der Waals surface area contributed by atoms with Gasteiger partial charge in [-0.2, -0.15) is 0 Å². The molecule has 2 aliphatic carbocycles. The molecule has 2 aliphatic rings. The van der Waals surface area contributed by atoms with Crippen LogP contribution in [0.1, 0.15) is 95.2 Å². The summed E-state index contributed by atoms with van der Waals surface area (Å²) in [5, 5.41) is 0. The van der Waals surface area contributed by atoms with Crippen LogP contribution in [0.5, 0.6) is 0 Å². The molecule has 0 saturated heterocycles. The van der Waals surface area contributed by atoms with Gasteiger partial charge in [-0.1, -0.05) is 101 Å². The molecule has 0 aliphatic heterocycles. The van der Waals surface area contributed by atoms with Crippen LogP contribution in [0.4, 0.5) is 0 Å². The number of benzene rings is 1. The molecule has 2 nitrogen and oxygen atoms in total. The smallest absolute Gasteiger partial charge is 0.109 e. The summed E-state index contributed by atoms with van der Waals surface area (Å²) < 4.78 is 0. The zero-order valence-electron chi connectivity index (χ0n) is 16.8. The number of nitrogens with zero attached hydrogens (tertiary/aromatic N) is 1. The highest BCUT2D eigenvalue weighted by Crippen LogP contribution is 2.38. The Labute approximate surface area is 165 Å². The molecule has 146 valence electrons. The minimum absolute atomic E-state index is 0.626. The van der Waals surface area contributed by atoms with Gasteiger partial charge in [0.1, 0.15) is 5.82 Å². The molecule has 1 aromatic carbocycles. The molecule has 2 aromatic rings. The molecule has 0 amide bonds. The molecule has 0 unspecified atom stereocenters. The highest BCUT2D eigenvalue weighted by atomic mass is 14.9. The third kappa shape index (κ3) is 5.03. The lowest BCUT2D eigenvalue weighted by Gasteiger charge is -2.31. The van der Waals surface area contributed by atoms with Gasteiger partial charge in [0.2, 0.25) is 0 Å². The number of nitrogens with one attached hydrogen (secondary N) is 1. The van der Waals surface area contributed by atoms with E-state index in [0.717, 1.165) is 17.5 Å². The Bertz CT molecular complexity index is 657. The van der Waals surface area contributed by atoms with Crippen molar-refractivity contribution < 1.29 is 0 Å². The summed E-state index contributed by atoms with van der Waals surface area (Å²) in [5.74, 6) is 3.87. The zero-order valence-corrected chi connectivity index (χ0v) is 16.8. The van der Waals surface area contributed by atoms with E-state index >= 15 is 0 Å². The molecule has 4 rings (SSSR count). The van der Waals surface area contributed by atoms with E-state index in [1.54, 1.807) is 0 Å². The van der Waals surface area contributed by atoms with Crippen LogP contribution in [-0.2, 0) is 0 Å². The van der Waals surface area contributed by atoms with E-state index in [9.17, 15) is 0 Å². The average molecular weight is 365 g/mol. The van der Waals surface area contributed by atoms with Gasteiger partial charge in [-0.15, -0.1) is 0 Å². The summed E-state index contributed by atoms with van der Waals surface area (Å²) in [4.78, 5) is 8.45. The second-order valence-electron chi connectivity index (χ2n) is 8.96. The molecule has 1 heterocycles. The van der Waals surface area contributed by atoms with E-state index in [0.29, 0.717) is 5.92 Å². The van der Waals surface area contributed by atoms with Crippen LogP contribution in [0, 0.1) is 11.8 Å². The summed E-state index contributed by atoms with van der Waals surface area (Å²) in [6.07, 6.45) is 20.8. The monoisotopic (exact) mass is 364 g/mol. The number of imidazole rings is 1. The van der Waals surface area contributed by atoms with Crippen LogP contribution in [-0.4, -0.2) is 9.97 Å². The Balaban J connectivity index is 1.34. The van der Waals surface area contributed by atoms with Crippen LogP contribution in [0.2, 0.25) is 0 Å². The SMILES string of the molecule is c1ccc(-c2c[nH]c(C3CCCC(C4CCCCCCC4)CCC3)n2)cc1. The first-order chi connectivity index (χ1) is 13.4. The minimum atomic E-state index is 0.626. The minimum Gasteiger partial charge on any atom is -0.348 e. The van der Waals surface area contributed by atoms with Gasteiger partial charge in [-0.25, -0.2) is 4.98 Å². The van der Waals surface area contributed by atoms with Crippen molar-refractivity contribution in [2.24, 2.45) is 11.8 Å². The van der Waals surface area contributed by atoms with Crippen molar-refractivity contribution in [1.29, 1.82) is 0 Å². The van der Waals surface area contributed by atoms with Crippen molar-refractivity contribution in [3.63, 3.8) is 0 Å². The molecule has 0 bridgehead atoms. The third-order valence-electron chi connectivity index (χ3n) is 7.13.